The van der Waals surface area contributed by atoms with Crippen LogP contribution in [0.15, 0.2) is 79.6 Å². The Morgan fingerprint density at radius 2 is 1.42 bits per heavy atom. The molecule has 1 amide bonds. The van der Waals surface area contributed by atoms with Crippen LogP contribution in [-0.4, -0.2) is 75.9 Å². The fourth-order valence-electron chi connectivity index (χ4n) is 7.32. The van der Waals surface area contributed by atoms with Gasteiger partial charge in [-0.15, -0.1) is 0 Å². The van der Waals surface area contributed by atoms with Crippen LogP contribution in [0.3, 0.4) is 0 Å². The molecule has 246 valence electrons. The van der Waals surface area contributed by atoms with E-state index in [1.54, 1.807) is 6.20 Å². The highest BCUT2D eigenvalue weighted by molar-refractivity contribution is 5.75. The van der Waals surface area contributed by atoms with Gasteiger partial charge in [-0.1, -0.05) is 44.2 Å². The third-order valence-corrected chi connectivity index (χ3v) is 10.1. The number of nitrogens with zero attached hydrogens (tertiary/aromatic N) is 7. The number of H-pyrrole nitrogens is 2. The molecule has 1 aromatic carbocycles. The van der Waals surface area contributed by atoms with E-state index >= 15 is 0 Å². The Bertz CT molecular complexity index is 2180. The van der Waals surface area contributed by atoms with Crippen molar-refractivity contribution in [1.82, 2.24) is 48.9 Å². The van der Waals surface area contributed by atoms with Crippen LogP contribution in [0.4, 0.5) is 4.79 Å². The zero-order valence-electron chi connectivity index (χ0n) is 27.2. The van der Waals surface area contributed by atoms with Crippen molar-refractivity contribution in [2.75, 3.05) is 26.2 Å². The molecular weight excluding hydrogens is 604 g/mol. The Morgan fingerprint density at radius 1 is 0.792 bits per heavy atom. The maximum Gasteiger partial charge on any atom is 0.410 e. The van der Waals surface area contributed by atoms with Crippen LogP contribution in [-0.2, 0) is 11.3 Å². The van der Waals surface area contributed by atoms with Crippen LogP contribution in [0.1, 0.15) is 55.5 Å². The summed E-state index contributed by atoms with van der Waals surface area (Å²) in [4.78, 5) is 38.7. The second kappa shape index (κ2) is 12.8. The highest BCUT2D eigenvalue weighted by Gasteiger charge is 2.33. The van der Waals surface area contributed by atoms with E-state index in [9.17, 15) is 4.79 Å². The molecule has 9 rings (SSSR count). The van der Waals surface area contributed by atoms with Crippen LogP contribution in [0.5, 0.6) is 0 Å². The molecule has 0 radical (unpaired) electrons. The van der Waals surface area contributed by atoms with Gasteiger partial charge < -0.3 is 24.9 Å². The zero-order valence-corrected chi connectivity index (χ0v) is 27.2. The first-order chi connectivity index (χ1) is 23.5. The molecule has 3 N–H and O–H groups in total. The smallest absolute Gasteiger partial charge is 0.410 e. The molecule has 48 heavy (non-hydrogen) atoms. The second-order valence-corrected chi connectivity index (χ2v) is 13.1. The summed E-state index contributed by atoms with van der Waals surface area (Å²) >= 11 is 0. The fourth-order valence-corrected chi connectivity index (χ4v) is 7.32. The van der Waals surface area contributed by atoms with Crippen molar-refractivity contribution in [2.24, 2.45) is 11.8 Å². The summed E-state index contributed by atoms with van der Waals surface area (Å²) in [5.74, 6) is 1.83. The molecule has 0 saturated carbocycles. The Balaban J connectivity index is 0.000000153. The standard InChI is InChI=1S/C22H23N5O2.C14H17N5/c1-15-8-10-26(22(28)29-14-16-5-3-2-4-6-16)13-17(15)19-11-24-20-12-25-21-18(27(19)20)7-9-23-21;1-9-2-4-15-6-10(9)12-7-17-13-8-18-14-11(19(12)13)3-5-16-14/h2-7,9,11-12,15,17,23H,8,10,13-14H2,1H3;3,5,7-10,15-16H,2,4,6H2,1H3. The average molecular weight is 645 g/mol. The van der Waals surface area contributed by atoms with E-state index in [1.165, 1.54) is 12.1 Å². The summed E-state index contributed by atoms with van der Waals surface area (Å²) < 4.78 is 9.96. The SMILES string of the molecule is CC1CCN(C(=O)OCc2ccccc2)CC1c1cnc2cnc3[nH]ccc3n12.CC1CCNCC1c1cnc2cnc3[nH]ccc3n12. The van der Waals surface area contributed by atoms with E-state index in [0.717, 1.165) is 64.4 Å². The molecule has 2 fully saturated rings. The minimum absolute atomic E-state index is 0.184. The van der Waals surface area contributed by atoms with Gasteiger partial charge in [0.05, 0.1) is 23.4 Å². The van der Waals surface area contributed by atoms with Gasteiger partial charge in [-0.05, 0) is 48.9 Å². The van der Waals surface area contributed by atoms with E-state index in [2.05, 4.69) is 63.9 Å². The molecule has 0 aliphatic carbocycles. The Labute approximate surface area is 277 Å². The highest BCUT2D eigenvalue weighted by atomic mass is 16.6. The number of likely N-dealkylation sites (tertiary alicyclic amines) is 1. The molecule has 2 aliphatic rings. The highest BCUT2D eigenvalue weighted by Crippen LogP contribution is 2.34. The van der Waals surface area contributed by atoms with Crippen LogP contribution in [0.25, 0.3) is 33.6 Å². The summed E-state index contributed by atoms with van der Waals surface area (Å²) in [5, 5.41) is 3.50. The summed E-state index contributed by atoms with van der Waals surface area (Å²) in [6.07, 6.45) is 13.3. The third-order valence-electron chi connectivity index (χ3n) is 10.1. The predicted octanol–water partition coefficient (Wildman–Crippen LogP) is 5.90. The number of carbonyl (C=O) groups is 1. The van der Waals surface area contributed by atoms with Crippen molar-refractivity contribution in [3.8, 4) is 0 Å². The number of imidazole rings is 2. The molecule has 4 unspecified atom stereocenters. The maximum absolute atomic E-state index is 12.7. The Morgan fingerprint density at radius 3 is 2.06 bits per heavy atom. The number of aromatic nitrogens is 8. The first kappa shape index (κ1) is 30.1. The van der Waals surface area contributed by atoms with Gasteiger partial charge in [0.1, 0.15) is 6.61 Å². The number of carbonyl (C=O) groups excluding carboxylic acids is 1. The monoisotopic (exact) mass is 644 g/mol. The number of fused-ring (bicyclic) bond motifs is 6. The Hall–Kier alpha value is -5.23. The van der Waals surface area contributed by atoms with E-state index in [0.29, 0.717) is 37.5 Å². The van der Waals surface area contributed by atoms with Crippen molar-refractivity contribution in [2.45, 2.75) is 45.1 Å². The van der Waals surface area contributed by atoms with Crippen LogP contribution >= 0.6 is 0 Å². The quantitative estimate of drug-likeness (QED) is 0.217. The molecule has 6 aromatic heterocycles. The molecule has 0 spiro atoms. The Kier molecular flexibility index (Phi) is 8.01. The summed E-state index contributed by atoms with van der Waals surface area (Å²) in [6.45, 7) is 8.35. The van der Waals surface area contributed by atoms with E-state index < -0.39 is 0 Å². The lowest BCUT2D eigenvalue weighted by atomic mass is 9.85. The third kappa shape index (κ3) is 5.55. The molecule has 2 aliphatic heterocycles. The van der Waals surface area contributed by atoms with E-state index in [1.807, 2.05) is 72.3 Å². The maximum atomic E-state index is 12.7. The van der Waals surface area contributed by atoms with E-state index in [4.69, 9.17) is 4.74 Å². The number of benzene rings is 1. The lowest BCUT2D eigenvalue weighted by molar-refractivity contribution is 0.0777. The zero-order chi connectivity index (χ0) is 32.6. The van der Waals surface area contributed by atoms with Gasteiger partial charge in [-0.2, -0.15) is 0 Å². The number of rotatable bonds is 4. The fraction of sp³-hybridized carbons (Fsp3) is 0.361. The van der Waals surface area contributed by atoms with Gasteiger partial charge in [0, 0.05) is 67.6 Å². The largest absolute Gasteiger partial charge is 0.445 e. The minimum Gasteiger partial charge on any atom is -0.445 e. The van der Waals surface area contributed by atoms with Gasteiger partial charge >= 0.3 is 6.09 Å². The lowest BCUT2D eigenvalue weighted by Gasteiger charge is -2.36. The number of hydrogen-bond donors (Lipinski definition) is 3. The molecule has 2 saturated heterocycles. The van der Waals surface area contributed by atoms with Gasteiger partial charge in [-0.25, -0.2) is 24.7 Å². The molecule has 8 heterocycles. The van der Waals surface area contributed by atoms with Crippen LogP contribution in [0, 0.1) is 11.8 Å². The minimum atomic E-state index is -0.256. The second-order valence-electron chi connectivity index (χ2n) is 13.1. The molecule has 0 bridgehead atoms. The summed E-state index contributed by atoms with van der Waals surface area (Å²) in [6, 6.07) is 13.9. The molecule has 7 aromatic rings. The predicted molar refractivity (Wildman–Crippen MR) is 184 cm³/mol. The van der Waals surface area contributed by atoms with Crippen molar-refractivity contribution in [3.63, 3.8) is 0 Å². The van der Waals surface area contributed by atoms with Crippen molar-refractivity contribution >= 4 is 39.7 Å². The van der Waals surface area contributed by atoms with Gasteiger partial charge in [-0.3, -0.25) is 8.80 Å². The van der Waals surface area contributed by atoms with Crippen molar-refractivity contribution in [3.05, 3.63) is 96.6 Å². The number of hydrogen-bond acceptors (Lipinski definition) is 7. The summed E-state index contributed by atoms with van der Waals surface area (Å²) in [7, 11) is 0. The number of ether oxygens (including phenoxy) is 1. The first-order valence-electron chi connectivity index (χ1n) is 16.8. The topological polar surface area (TPSA) is 134 Å². The van der Waals surface area contributed by atoms with E-state index in [-0.39, 0.29) is 12.0 Å². The first-order valence-corrected chi connectivity index (χ1v) is 16.8. The number of nitrogens with one attached hydrogen (secondary N) is 3. The van der Waals surface area contributed by atoms with Gasteiger partial charge in [0.2, 0.25) is 0 Å². The molecule has 12 nitrogen and oxygen atoms in total. The number of aromatic amines is 2. The van der Waals surface area contributed by atoms with Crippen LogP contribution < -0.4 is 5.32 Å². The number of piperidine rings is 2. The lowest BCUT2D eigenvalue weighted by Crippen LogP contribution is -2.42. The molecular formula is C36H40N10O2. The van der Waals surface area contributed by atoms with Gasteiger partial charge in [0.15, 0.2) is 22.6 Å². The van der Waals surface area contributed by atoms with Crippen molar-refractivity contribution < 1.29 is 9.53 Å². The number of amides is 1. The molecule has 12 heteroatoms. The normalized spacial score (nSPS) is 21.5. The van der Waals surface area contributed by atoms with Crippen LogP contribution in [0.2, 0.25) is 0 Å². The average Bonchev–Trinajstić information content (AvgIpc) is 3.93. The molecule has 4 atom stereocenters. The summed E-state index contributed by atoms with van der Waals surface area (Å²) in [5.41, 5.74) is 9.02. The van der Waals surface area contributed by atoms with Crippen molar-refractivity contribution in [1.29, 1.82) is 0 Å². The van der Waals surface area contributed by atoms with Gasteiger partial charge in [0.25, 0.3) is 0 Å².